The first-order valence-electron chi connectivity index (χ1n) is 6.57. The molecule has 1 saturated heterocycles. The van der Waals surface area contributed by atoms with Gasteiger partial charge in [0, 0.05) is 24.2 Å². The first-order chi connectivity index (χ1) is 8.18. The summed E-state index contributed by atoms with van der Waals surface area (Å²) in [4.78, 5) is 7.03. The van der Waals surface area contributed by atoms with E-state index in [9.17, 15) is 0 Å². The fourth-order valence-corrected chi connectivity index (χ4v) is 3.50. The molecule has 1 aliphatic rings. The number of hydrogen-bond acceptors (Lipinski definition) is 4. The van der Waals surface area contributed by atoms with Crippen LogP contribution in [-0.4, -0.2) is 29.0 Å². The zero-order valence-electron chi connectivity index (χ0n) is 10.8. The van der Waals surface area contributed by atoms with Gasteiger partial charge in [-0.05, 0) is 25.3 Å². The lowest BCUT2D eigenvalue weighted by Gasteiger charge is -2.33. The second kappa shape index (κ2) is 5.94. The van der Waals surface area contributed by atoms with Crippen LogP contribution in [0.4, 0.5) is 0 Å². The van der Waals surface area contributed by atoms with Crippen molar-refractivity contribution < 1.29 is 0 Å². The molecule has 2 atom stereocenters. The summed E-state index contributed by atoms with van der Waals surface area (Å²) in [6, 6.07) is 0.572. The first-order valence-corrected chi connectivity index (χ1v) is 7.45. The third kappa shape index (κ3) is 3.27. The lowest BCUT2D eigenvalue weighted by Crippen LogP contribution is -2.41. The lowest BCUT2D eigenvalue weighted by atomic mass is 10.0. The highest BCUT2D eigenvalue weighted by atomic mass is 32.1. The average Bonchev–Trinajstić information content (AvgIpc) is 2.71. The molecule has 2 N–H and O–H groups in total. The van der Waals surface area contributed by atoms with Crippen LogP contribution in [-0.2, 0) is 0 Å². The maximum absolute atomic E-state index is 6.36. The van der Waals surface area contributed by atoms with Crippen LogP contribution < -0.4 is 5.73 Å². The molecule has 1 aliphatic heterocycles. The Hall–Kier alpha value is -0.450. The minimum absolute atomic E-state index is 0.238. The zero-order chi connectivity index (χ0) is 12.3. The van der Waals surface area contributed by atoms with Crippen molar-refractivity contribution in [3.05, 3.63) is 16.6 Å². The second-order valence-electron chi connectivity index (χ2n) is 5.36. The molecular weight excluding hydrogens is 230 g/mol. The fourth-order valence-electron chi connectivity index (χ4n) is 2.66. The summed E-state index contributed by atoms with van der Waals surface area (Å²) in [5, 5.41) is 3.25. The van der Waals surface area contributed by atoms with Gasteiger partial charge < -0.3 is 5.73 Å². The van der Waals surface area contributed by atoms with Crippen molar-refractivity contribution in [1.82, 2.24) is 9.88 Å². The molecule has 0 saturated carbocycles. The smallest absolute Gasteiger partial charge is 0.111 e. The van der Waals surface area contributed by atoms with Crippen LogP contribution in [0.15, 0.2) is 11.6 Å². The minimum Gasteiger partial charge on any atom is -0.326 e. The summed E-state index contributed by atoms with van der Waals surface area (Å²) in [6.07, 6.45) is 5.53. The molecule has 0 spiro atoms. The van der Waals surface area contributed by atoms with Crippen LogP contribution >= 0.6 is 11.3 Å². The number of thiazole rings is 1. The second-order valence-corrected chi connectivity index (χ2v) is 6.29. The summed E-state index contributed by atoms with van der Waals surface area (Å²) >= 11 is 1.74. The largest absolute Gasteiger partial charge is 0.326 e. The summed E-state index contributed by atoms with van der Waals surface area (Å²) in [7, 11) is 0. The monoisotopic (exact) mass is 253 g/mol. The van der Waals surface area contributed by atoms with Gasteiger partial charge in [-0.15, -0.1) is 11.3 Å². The van der Waals surface area contributed by atoms with E-state index in [-0.39, 0.29) is 6.04 Å². The van der Waals surface area contributed by atoms with Crippen LogP contribution in [0.5, 0.6) is 0 Å². The van der Waals surface area contributed by atoms with Gasteiger partial charge in [-0.2, -0.15) is 0 Å². The Kier molecular flexibility index (Phi) is 4.54. The van der Waals surface area contributed by atoms with Crippen LogP contribution in [0, 0.1) is 5.92 Å². The van der Waals surface area contributed by atoms with Gasteiger partial charge in [0.25, 0.3) is 0 Å². The highest BCUT2D eigenvalue weighted by Gasteiger charge is 2.30. The summed E-state index contributed by atoms with van der Waals surface area (Å²) in [6.45, 7) is 6.83. The third-order valence-electron chi connectivity index (χ3n) is 3.34. The van der Waals surface area contributed by atoms with E-state index >= 15 is 0 Å². The molecule has 3 nitrogen and oxygen atoms in total. The fraction of sp³-hybridized carbons (Fsp3) is 0.769. The van der Waals surface area contributed by atoms with E-state index in [1.165, 1.54) is 17.8 Å². The molecule has 4 heteroatoms. The molecule has 0 aliphatic carbocycles. The molecule has 0 amide bonds. The maximum Gasteiger partial charge on any atom is 0.111 e. The van der Waals surface area contributed by atoms with E-state index in [2.05, 4.69) is 29.1 Å². The molecule has 0 bridgehead atoms. The van der Waals surface area contributed by atoms with Gasteiger partial charge in [-0.3, -0.25) is 4.90 Å². The Morgan fingerprint density at radius 1 is 1.53 bits per heavy atom. The Balaban J connectivity index is 2.19. The van der Waals surface area contributed by atoms with E-state index < -0.39 is 0 Å². The van der Waals surface area contributed by atoms with E-state index in [0.29, 0.717) is 12.0 Å². The van der Waals surface area contributed by atoms with E-state index in [1.807, 2.05) is 6.20 Å². The number of likely N-dealkylation sites (tertiary alicyclic amines) is 1. The Labute approximate surface area is 108 Å². The number of nitrogens with zero attached hydrogens (tertiary/aromatic N) is 2. The SMILES string of the molecule is CC(C)CN1CCCCC(N)C1c1nccs1. The third-order valence-corrected chi connectivity index (χ3v) is 4.18. The van der Waals surface area contributed by atoms with Gasteiger partial charge in [0.2, 0.25) is 0 Å². The van der Waals surface area contributed by atoms with Crippen molar-refractivity contribution in [2.75, 3.05) is 13.1 Å². The number of nitrogens with two attached hydrogens (primary N) is 1. The number of rotatable bonds is 3. The molecule has 1 fully saturated rings. The van der Waals surface area contributed by atoms with Gasteiger partial charge >= 0.3 is 0 Å². The van der Waals surface area contributed by atoms with Gasteiger partial charge in [0.15, 0.2) is 0 Å². The van der Waals surface area contributed by atoms with Crippen molar-refractivity contribution >= 4 is 11.3 Å². The topological polar surface area (TPSA) is 42.1 Å². The molecule has 96 valence electrons. The number of aromatic nitrogens is 1. The molecule has 1 aromatic rings. The van der Waals surface area contributed by atoms with Crippen molar-refractivity contribution in [3.63, 3.8) is 0 Å². The van der Waals surface area contributed by atoms with Gasteiger partial charge in [-0.25, -0.2) is 4.98 Å². The summed E-state index contributed by atoms with van der Waals surface area (Å²) < 4.78 is 0. The quantitative estimate of drug-likeness (QED) is 0.900. The molecule has 0 radical (unpaired) electrons. The maximum atomic E-state index is 6.36. The standard InChI is InChI=1S/C13H23N3S/c1-10(2)9-16-7-4-3-5-11(14)12(16)13-15-6-8-17-13/h6,8,10-12H,3-5,7,9,14H2,1-2H3. The molecule has 17 heavy (non-hydrogen) atoms. The highest BCUT2D eigenvalue weighted by Crippen LogP contribution is 2.31. The predicted molar refractivity (Wildman–Crippen MR) is 73.1 cm³/mol. The minimum atomic E-state index is 0.238. The van der Waals surface area contributed by atoms with Gasteiger partial charge in [0.1, 0.15) is 5.01 Å². The predicted octanol–water partition coefficient (Wildman–Crippen LogP) is 2.65. The van der Waals surface area contributed by atoms with Crippen molar-refractivity contribution in [1.29, 1.82) is 0 Å². The molecule has 2 unspecified atom stereocenters. The van der Waals surface area contributed by atoms with E-state index in [4.69, 9.17) is 5.73 Å². The first kappa shape index (κ1) is 13.0. The molecule has 0 aromatic carbocycles. The van der Waals surface area contributed by atoms with Crippen LogP contribution in [0.1, 0.15) is 44.2 Å². The zero-order valence-corrected chi connectivity index (χ0v) is 11.6. The summed E-state index contributed by atoms with van der Waals surface area (Å²) in [5.74, 6) is 0.683. The van der Waals surface area contributed by atoms with Crippen molar-refractivity contribution in [3.8, 4) is 0 Å². The lowest BCUT2D eigenvalue weighted by molar-refractivity contribution is 0.165. The van der Waals surface area contributed by atoms with Gasteiger partial charge in [0.05, 0.1) is 6.04 Å². The van der Waals surface area contributed by atoms with Crippen molar-refractivity contribution in [2.45, 2.75) is 45.2 Å². The molecule has 1 aromatic heterocycles. The Morgan fingerprint density at radius 2 is 2.35 bits per heavy atom. The molecule has 2 rings (SSSR count). The highest BCUT2D eigenvalue weighted by molar-refractivity contribution is 7.09. The Morgan fingerprint density at radius 3 is 3.00 bits per heavy atom. The van der Waals surface area contributed by atoms with Crippen molar-refractivity contribution in [2.24, 2.45) is 11.7 Å². The number of hydrogen-bond donors (Lipinski definition) is 1. The normalized spacial score (nSPS) is 27.3. The average molecular weight is 253 g/mol. The molecular formula is C13H23N3S. The van der Waals surface area contributed by atoms with E-state index in [1.54, 1.807) is 11.3 Å². The Bertz CT molecular complexity index is 323. The summed E-state index contributed by atoms with van der Waals surface area (Å²) in [5.41, 5.74) is 6.36. The van der Waals surface area contributed by atoms with Crippen LogP contribution in [0.25, 0.3) is 0 Å². The van der Waals surface area contributed by atoms with Crippen LogP contribution in [0.2, 0.25) is 0 Å². The van der Waals surface area contributed by atoms with Crippen LogP contribution in [0.3, 0.4) is 0 Å². The molecule has 2 heterocycles. The van der Waals surface area contributed by atoms with E-state index in [0.717, 1.165) is 19.5 Å². The van der Waals surface area contributed by atoms with Gasteiger partial charge in [-0.1, -0.05) is 20.3 Å².